The van der Waals surface area contributed by atoms with Crippen LogP contribution in [0.3, 0.4) is 0 Å². The van der Waals surface area contributed by atoms with E-state index in [1.54, 1.807) is 13.8 Å². The Hall–Kier alpha value is -1.20. The highest BCUT2D eigenvalue weighted by molar-refractivity contribution is 7.89. The Bertz CT molecular complexity index is 612. The third-order valence-corrected chi connectivity index (χ3v) is 5.47. The van der Waals surface area contributed by atoms with Crippen molar-refractivity contribution in [3.05, 3.63) is 40.7 Å². The molecular weight excluding hydrogens is 265 g/mol. The first kappa shape index (κ1) is 14.2. The van der Waals surface area contributed by atoms with E-state index in [1.807, 2.05) is 6.92 Å². The van der Waals surface area contributed by atoms with Gasteiger partial charge in [0.25, 0.3) is 0 Å². The Kier molecular flexibility index (Phi) is 3.78. The number of rotatable bonds is 2. The third-order valence-electron chi connectivity index (χ3n) is 3.32. The summed E-state index contributed by atoms with van der Waals surface area (Å²) in [4.78, 5) is 0.239. The van der Waals surface area contributed by atoms with Gasteiger partial charge < -0.3 is 0 Å². The van der Waals surface area contributed by atoms with Crippen molar-refractivity contribution >= 4 is 10.0 Å². The summed E-state index contributed by atoms with van der Waals surface area (Å²) >= 11 is 0. The van der Waals surface area contributed by atoms with Crippen molar-refractivity contribution in [3.63, 3.8) is 0 Å². The van der Waals surface area contributed by atoms with Gasteiger partial charge in [-0.1, -0.05) is 11.6 Å². The lowest BCUT2D eigenvalue weighted by Gasteiger charge is -2.27. The Balaban J connectivity index is 2.49. The van der Waals surface area contributed by atoms with Crippen LogP contribution < -0.4 is 0 Å². The molecule has 0 aliphatic carbocycles. The molecule has 0 atom stereocenters. The van der Waals surface area contributed by atoms with Gasteiger partial charge in [0.15, 0.2) is 0 Å². The summed E-state index contributed by atoms with van der Waals surface area (Å²) in [6, 6.07) is 2.54. The van der Waals surface area contributed by atoms with Crippen LogP contribution in [0.15, 0.2) is 28.7 Å². The summed E-state index contributed by atoms with van der Waals surface area (Å²) in [5.41, 5.74) is 1.97. The van der Waals surface area contributed by atoms with Crippen molar-refractivity contribution < 1.29 is 12.8 Å². The molecule has 0 unspecified atom stereocenters. The van der Waals surface area contributed by atoms with E-state index < -0.39 is 15.8 Å². The van der Waals surface area contributed by atoms with Gasteiger partial charge in [0.1, 0.15) is 5.82 Å². The molecule has 0 aromatic heterocycles. The van der Waals surface area contributed by atoms with Gasteiger partial charge in [0.2, 0.25) is 10.0 Å². The summed E-state index contributed by atoms with van der Waals surface area (Å²) in [5.74, 6) is -0.399. The maximum Gasteiger partial charge on any atom is 0.243 e. The third kappa shape index (κ3) is 2.72. The number of benzene rings is 1. The fourth-order valence-electron chi connectivity index (χ4n) is 2.52. The van der Waals surface area contributed by atoms with Crippen LogP contribution in [0.4, 0.5) is 4.39 Å². The quantitative estimate of drug-likeness (QED) is 0.783. The standard InChI is InChI=1S/C14H18FNO2S/c1-10-5-4-6-16(9-10)19(17,18)14-11(2)7-13(15)8-12(14)3/h5,7-8H,4,6,9H2,1-3H3. The molecule has 0 bridgehead atoms. The molecule has 1 aliphatic rings. The van der Waals surface area contributed by atoms with Gasteiger partial charge in [-0.15, -0.1) is 0 Å². The Morgan fingerprint density at radius 1 is 1.16 bits per heavy atom. The fourth-order valence-corrected chi connectivity index (χ4v) is 4.42. The Labute approximate surface area is 113 Å². The Morgan fingerprint density at radius 3 is 2.26 bits per heavy atom. The normalized spacial score (nSPS) is 17.4. The molecule has 3 nitrogen and oxygen atoms in total. The van der Waals surface area contributed by atoms with Gasteiger partial charge in [-0.3, -0.25) is 0 Å². The topological polar surface area (TPSA) is 37.4 Å². The minimum Gasteiger partial charge on any atom is -0.207 e. The lowest BCUT2D eigenvalue weighted by molar-refractivity contribution is 0.427. The minimum atomic E-state index is -3.55. The molecule has 5 heteroatoms. The van der Waals surface area contributed by atoms with Crippen molar-refractivity contribution in [2.75, 3.05) is 13.1 Å². The molecule has 0 saturated heterocycles. The molecule has 1 aromatic rings. The second-order valence-electron chi connectivity index (χ2n) is 5.05. The van der Waals surface area contributed by atoms with Gasteiger partial charge in [-0.05, 0) is 50.5 Å². The zero-order valence-electron chi connectivity index (χ0n) is 11.4. The van der Waals surface area contributed by atoms with Gasteiger partial charge in [-0.2, -0.15) is 4.31 Å². The molecule has 19 heavy (non-hydrogen) atoms. The summed E-state index contributed by atoms with van der Waals surface area (Å²) < 4.78 is 40.1. The maximum atomic E-state index is 13.3. The van der Waals surface area contributed by atoms with Crippen molar-refractivity contribution in [1.29, 1.82) is 0 Å². The second-order valence-corrected chi connectivity index (χ2v) is 6.92. The monoisotopic (exact) mass is 283 g/mol. The predicted octanol–water partition coefficient (Wildman–Crippen LogP) is 2.78. The average Bonchev–Trinajstić information content (AvgIpc) is 2.26. The number of hydrogen-bond acceptors (Lipinski definition) is 2. The summed E-state index contributed by atoms with van der Waals surface area (Å²) in [6.07, 6.45) is 2.78. The molecule has 1 heterocycles. The molecule has 0 amide bonds. The maximum absolute atomic E-state index is 13.3. The van der Waals surface area contributed by atoms with Crippen LogP contribution in [0.2, 0.25) is 0 Å². The van der Waals surface area contributed by atoms with E-state index in [4.69, 9.17) is 0 Å². The SMILES string of the molecule is CC1=CCCN(S(=O)(=O)c2c(C)cc(F)cc2C)C1. The van der Waals surface area contributed by atoms with E-state index in [2.05, 4.69) is 6.08 Å². The molecule has 1 aliphatic heterocycles. The summed E-state index contributed by atoms with van der Waals surface area (Å²) in [7, 11) is -3.55. The van der Waals surface area contributed by atoms with Crippen LogP contribution in [-0.4, -0.2) is 25.8 Å². The van der Waals surface area contributed by atoms with E-state index in [9.17, 15) is 12.8 Å². The van der Waals surface area contributed by atoms with Crippen LogP contribution >= 0.6 is 0 Å². The summed E-state index contributed by atoms with van der Waals surface area (Å²) in [5, 5.41) is 0. The first-order valence-corrected chi connectivity index (χ1v) is 7.69. The molecular formula is C14H18FNO2S. The highest BCUT2D eigenvalue weighted by Crippen LogP contribution is 2.26. The highest BCUT2D eigenvalue weighted by Gasteiger charge is 2.29. The lowest BCUT2D eigenvalue weighted by Crippen LogP contribution is -2.36. The van der Waals surface area contributed by atoms with E-state index in [-0.39, 0.29) is 4.90 Å². The zero-order chi connectivity index (χ0) is 14.2. The zero-order valence-corrected chi connectivity index (χ0v) is 12.2. The number of sulfonamides is 1. The molecule has 0 spiro atoms. The first-order chi connectivity index (χ1) is 8.82. The fraction of sp³-hybridized carbons (Fsp3) is 0.429. The molecule has 0 saturated carbocycles. The molecule has 1 aromatic carbocycles. The van der Waals surface area contributed by atoms with E-state index in [0.29, 0.717) is 24.2 Å². The molecule has 0 radical (unpaired) electrons. The molecule has 0 fully saturated rings. The minimum absolute atomic E-state index is 0.239. The van der Waals surface area contributed by atoms with Crippen molar-refractivity contribution in [3.8, 4) is 0 Å². The molecule has 104 valence electrons. The Morgan fingerprint density at radius 2 is 1.74 bits per heavy atom. The molecule has 0 N–H and O–H groups in total. The lowest BCUT2D eigenvalue weighted by atomic mass is 10.1. The van der Waals surface area contributed by atoms with Gasteiger partial charge in [0.05, 0.1) is 4.90 Å². The number of halogens is 1. The van der Waals surface area contributed by atoms with Crippen molar-refractivity contribution in [2.45, 2.75) is 32.1 Å². The van der Waals surface area contributed by atoms with Crippen molar-refractivity contribution in [1.82, 2.24) is 4.31 Å². The van der Waals surface area contributed by atoms with Crippen LogP contribution in [0, 0.1) is 19.7 Å². The van der Waals surface area contributed by atoms with Crippen LogP contribution in [0.5, 0.6) is 0 Å². The van der Waals surface area contributed by atoms with Crippen LogP contribution in [0.1, 0.15) is 24.5 Å². The largest absolute Gasteiger partial charge is 0.243 e. The number of hydrogen-bond donors (Lipinski definition) is 0. The predicted molar refractivity (Wildman–Crippen MR) is 73.0 cm³/mol. The number of aryl methyl sites for hydroxylation is 2. The van der Waals surface area contributed by atoms with E-state index in [1.165, 1.54) is 16.4 Å². The molecule has 2 rings (SSSR count). The smallest absolute Gasteiger partial charge is 0.207 e. The summed E-state index contributed by atoms with van der Waals surface area (Å²) in [6.45, 7) is 6.09. The number of nitrogens with zero attached hydrogens (tertiary/aromatic N) is 1. The van der Waals surface area contributed by atoms with E-state index in [0.717, 1.165) is 12.0 Å². The second kappa shape index (κ2) is 5.06. The van der Waals surface area contributed by atoms with Crippen molar-refractivity contribution in [2.24, 2.45) is 0 Å². The van der Waals surface area contributed by atoms with Crippen LogP contribution in [0.25, 0.3) is 0 Å². The highest BCUT2D eigenvalue weighted by atomic mass is 32.2. The van der Waals surface area contributed by atoms with Gasteiger partial charge in [-0.25, -0.2) is 12.8 Å². The van der Waals surface area contributed by atoms with Gasteiger partial charge >= 0.3 is 0 Å². The van der Waals surface area contributed by atoms with Crippen LogP contribution in [-0.2, 0) is 10.0 Å². The van der Waals surface area contributed by atoms with E-state index >= 15 is 0 Å². The van der Waals surface area contributed by atoms with Gasteiger partial charge in [0, 0.05) is 13.1 Å². The first-order valence-electron chi connectivity index (χ1n) is 6.25. The average molecular weight is 283 g/mol.